The van der Waals surface area contributed by atoms with Crippen LogP contribution in [0.25, 0.3) is 0 Å². The molecule has 0 saturated carbocycles. The zero-order valence-electron chi connectivity index (χ0n) is 21.7. The van der Waals surface area contributed by atoms with Crippen LogP contribution in [0.2, 0.25) is 0 Å². The molecule has 0 saturated heterocycles. The number of aliphatic carboxylic acids is 1. The molecule has 1 aromatic rings. The lowest BCUT2D eigenvalue weighted by molar-refractivity contribution is -0.143. The predicted octanol–water partition coefficient (Wildman–Crippen LogP) is 1.84. The second-order valence-electron chi connectivity index (χ2n) is 9.60. The fraction of sp³-hybridized carbons (Fsp3) is 0.615. The van der Waals surface area contributed by atoms with E-state index in [1.165, 1.54) is 0 Å². The van der Waals surface area contributed by atoms with Gasteiger partial charge in [0.25, 0.3) is 0 Å². The van der Waals surface area contributed by atoms with Gasteiger partial charge in [-0.3, -0.25) is 14.4 Å². The van der Waals surface area contributed by atoms with Gasteiger partial charge in [-0.1, -0.05) is 84.7 Å². The molecular weight excluding hydrogens is 448 g/mol. The van der Waals surface area contributed by atoms with Crippen LogP contribution >= 0.6 is 0 Å². The molecule has 3 amide bonds. The molecule has 0 radical (unpaired) electrons. The quantitative estimate of drug-likeness (QED) is 0.268. The van der Waals surface area contributed by atoms with Gasteiger partial charge >= 0.3 is 5.97 Å². The Labute approximate surface area is 208 Å². The number of carbonyl (C=O) groups is 4. The van der Waals surface area contributed by atoms with Crippen LogP contribution in [0.15, 0.2) is 30.3 Å². The highest BCUT2D eigenvalue weighted by Gasteiger charge is 2.33. The molecular formula is C26H42N4O5. The molecule has 1 aromatic carbocycles. The summed E-state index contributed by atoms with van der Waals surface area (Å²) in [6.45, 7) is 11.0. The Balaban J connectivity index is 3.13. The van der Waals surface area contributed by atoms with E-state index in [4.69, 9.17) is 5.73 Å². The van der Waals surface area contributed by atoms with Gasteiger partial charge in [-0.25, -0.2) is 4.79 Å². The maximum Gasteiger partial charge on any atom is 0.326 e. The van der Waals surface area contributed by atoms with Gasteiger partial charge in [0.1, 0.15) is 18.1 Å². The summed E-state index contributed by atoms with van der Waals surface area (Å²) in [4.78, 5) is 50.8. The van der Waals surface area contributed by atoms with Crippen LogP contribution in [0.5, 0.6) is 0 Å². The molecule has 6 unspecified atom stereocenters. The van der Waals surface area contributed by atoms with Crippen LogP contribution in [-0.4, -0.2) is 53.0 Å². The average molecular weight is 491 g/mol. The van der Waals surface area contributed by atoms with Crippen molar-refractivity contribution in [3.63, 3.8) is 0 Å². The number of hydrogen-bond acceptors (Lipinski definition) is 5. The molecule has 6 N–H and O–H groups in total. The Kier molecular flexibility index (Phi) is 12.4. The van der Waals surface area contributed by atoms with Gasteiger partial charge in [-0.05, 0) is 23.3 Å². The lowest BCUT2D eigenvalue weighted by atomic mass is 9.96. The van der Waals surface area contributed by atoms with Crippen molar-refractivity contribution in [3.8, 4) is 0 Å². The van der Waals surface area contributed by atoms with Crippen molar-refractivity contribution in [2.75, 3.05) is 0 Å². The number of hydrogen-bond donors (Lipinski definition) is 5. The van der Waals surface area contributed by atoms with Crippen LogP contribution in [0.4, 0.5) is 0 Å². The standard InChI is InChI=1S/C26H42N4O5/c1-7-16(5)20(27)24(32)29-21(15(3)4)25(33)28-19(14-18-12-10-9-11-13-18)23(31)30-22(26(34)35)17(6)8-2/h9-13,15-17,19-22H,7-8,14,27H2,1-6H3,(H,28,33)(H,29,32)(H,30,31)(H,34,35). The van der Waals surface area contributed by atoms with Gasteiger partial charge in [0.15, 0.2) is 0 Å². The van der Waals surface area contributed by atoms with Gasteiger partial charge in [0.05, 0.1) is 6.04 Å². The van der Waals surface area contributed by atoms with Crippen LogP contribution in [0.3, 0.4) is 0 Å². The molecule has 0 aliphatic heterocycles. The maximum absolute atomic E-state index is 13.2. The van der Waals surface area contributed by atoms with Crippen molar-refractivity contribution in [1.29, 1.82) is 0 Å². The van der Waals surface area contributed by atoms with Gasteiger partial charge in [-0.2, -0.15) is 0 Å². The number of carbonyl (C=O) groups excluding carboxylic acids is 3. The summed E-state index contributed by atoms with van der Waals surface area (Å²) < 4.78 is 0. The summed E-state index contributed by atoms with van der Waals surface area (Å²) >= 11 is 0. The summed E-state index contributed by atoms with van der Waals surface area (Å²) in [7, 11) is 0. The zero-order chi connectivity index (χ0) is 26.7. The largest absolute Gasteiger partial charge is 0.480 e. The van der Waals surface area contributed by atoms with Crippen molar-refractivity contribution in [2.24, 2.45) is 23.5 Å². The number of amides is 3. The van der Waals surface area contributed by atoms with E-state index in [2.05, 4.69) is 16.0 Å². The topological polar surface area (TPSA) is 151 Å². The molecule has 0 bridgehead atoms. The normalized spacial score (nSPS) is 16.3. The molecule has 0 spiro atoms. The minimum absolute atomic E-state index is 0.0593. The molecule has 0 fully saturated rings. The van der Waals surface area contributed by atoms with Crippen LogP contribution < -0.4 is 21.7 Å². The smallest absolute Gasteiger partial charge is 0.326 e. The highest BCUT2D eigenvalue weighted by Crippen LogP contribution is 2.12. The monoisotopic (exact) mass is 490 g/mol. The highest BCUT2D eigenvalue weighted by atomic mass is 16.4. The molecule has 0 aromatic heterocycles. The van der Waals surface area contributed by atoms with Crippen molar-refractivity contribution < 1.29 is 24.3 Å². The maximum atomic E-state index is 13.2. The minimum atomic E-state index is -1.14. The first kappa shape index (κ1) is 30.1. The Morgan fingerprint density at radius 3 is 1.83 bits per heavy atom. The number of benzene rings is 1. The van der Waals surface area contributed by atoms with E-state index >= 15 is 0 Å². The van der Waals surface area contributed by atoms with Crippen molar-refractivity contribution >= 4 is 23.7 Å². The van der Waals surface area contributed by atoms with Crippen LogP contribution in [0, 0.1) is 17.8 Å². The average Bonchev–Trinajstić information content (AvgIpc) is 2.83. The first-order valence-corrected chi connectivity index (χ1v) is 12.4. The molecule has 35 heavy (non-hydrogen) atoms. The Hall–Kier alpha value is -2.94. The summed E-state index contributed by atoms with van der Waals surface area (Å²) in [5.41, 5.74) is 6.83. The van der Waals surface area contributed by atoms with E-state index < -0.39 is 47.9 Å². The lowest BCUT2D eigenvalue weighted by Crippen LogP contribution is -2.59. The minimum Gasteiger partial charge on any atom is -0.480 e. The third-order valence-electron chi connectivity index (χ3n) is 6.50. The zero-order valence-corrected chi connectivity index (χ0v) is 21.7. The number of nitrogens with two attached hydrogens (primary N) is 1. The van der Waals surface area contributed by atoms with Gasteiger partial charge < -0.3 is 26.8 Å². The third kappa shape index (κ3) is 9.32. The molecule has 0 heterocycles. The number of carboxylic acid groups (broad SMARTS) is 1. The van der Waals surface area contributed by atoms with E-state index in [0.717, 1.165) is 5.56 Å². The van der Waals surface area contributed by atoms with E-state index in [1.807, 2.05) is 51.1 Å². The second kappa shape index (κ2) is 14.5. The fourth-order valence-electron chi connectivity index (χ4n) is 3.55. The van der Waals surface area contributed by atoms with Crippen LogP contribution in [-0.2, 0) is 25.6 Å². The number of carboxylic acids is 1. The Morgan fingerprint density at radius 2 is 1.34 bits per heavy atom. The number of rotatable bonds is 14. The first-order valence-electron chi connectivity index (χ1n) is 12.4. The Bertz CT molecular complexity index is 845. The van der Waals surface area contributed by atoms with E-state index in [9.17, 15) is 24.3 Å². The summed E-state index contributed by atoms with van der Waals surface area (Å²) in [6, 6.07) is 5.33. The van der Waals surface area contributed by atoms with E-state index in [1.54, 1.807) is 20.8 Å². The SMILES string of the molecule is CCC(C)C(N)C(=O)NC(C(=O)NC(Cc1ccccc1)C(=O)NC(C(=O)O)C(C)CC)C(C)C. The summed E-state index contributed by atoms with van der Waals surface area (Å²) in [6.07, 6.45) is 1.44. The lowest BCUT2D eigenvalue weighted by Gasteiger charge is -2.28. The summed E-state index contributed by atoms with van der Waals surface area (Å²) in [5, 5.41) is 17.6. The third-order valence-corrected chi connectivity index (χ3v) is 6.50. The van der Waals surface area contributed by atoms with Crippen molar-refractivity contribution in [2.45, 2.75) is 85.0 Å². The molecule has 1 rings (SSSR count). The molecule has 6 atom stereocenters. The molecule has 0 aliphatic rings. The number of nitrogens with one attached hydrogen (secondary N) is 3. The molecule has 196 valence electrons. The van der Waals surface area contributed by atoms with Gasteiger partial charge in [0, 0.05) is 6.42 Å². The summed E-state index contributed by atoms with van der Waals surface area (Å²) in [5.74, 6) is -3.32. The van der Waals surface area contributed by atoms with Crippen LogP contribution in [0.1, 0.15) is 59.9 Å². The molecule has 0 aliphatic carbocycles. The Morgan fingerprint density at radius 1 is 0.800 bits per heavy atom. The molecule has 9 heteroatoms. The van der Waals surface area contributed by atoms with Crippen molar-refractivity contribution in [3.05, 3.63) is 35.9 Å². The predicted molar refractivity (Wildman–Crippen MR) is 135 cm³/mol. The fourth-order valence-corrected chi connectivity index (χ4v) is 3.55. The van der Waals surface area contributed by atoms with Gasteiger partial charge in [0.2, 0.25) is 17.7 Å². The van der Waals surface area contributed by atoms with Crippen molar-refractivity contribution in [1.82, 2.24) is 16.0 Å². The molecule has 9 nitrogen and oxygen atoms in total. The first-order chi connectivity index (χ1) is 16.4. The van der Waals surface area contributed by atoms with E-state index in [0.29, 0.717) is 12.8 Å². The van der Waals surface area contributed by atoms with E-state index in [-0.39, 0.29) is 24.2 Å². The second-order valence-corrected chi connectivity index (χ2v) is 9.60. The highest BCUT2D eigenvalue weighted by molar-refractivity contribution is 5.94. The van der Waals surface area contributed by atoms with Gasteiger partial charge in [-0.15, -0.1) is 0 Å².